The molecule has 0 aromatic heterocycles. The van der Waals surface area contributed by atoms with Gasteiger partial charge < -0.3 is 19.7 Å². The van der Waals surface area contributed by atoms with Crippen molar-refractivity contribution < 1.29 is 39.8 Å². The summed E-state index contributed by atoms with van der Waals surface area (Å²) in [5, 5.41) is 3.10. The Bertz CT molecular complexity index is 2130. The first-order chi connectivity index (χ1) is 28.3. The average molecular weight is 1060 g/mol. The SMILES string of the molecule is C.CO[C@]1(C=O)/C=C/C[C@H](C)[C@@H](C)S(=O)(=O)NC(=O)c2ccc3c(c2)N(C[C@@H]2CC[C@H]21)C[C@@]1(CCCc2cc(Cl)ccc21)CO3.CS(=O)(=O)CCN1CCNCC1.FS(=S)I. The minimum absolute atomic E-state index is 0. The second-order valence-corrected chi connectivity index (χ2v) is 26.7. The van der Waals surface area contributed by atoms with E-state index in [4.69, 9.17) is 21.1 Å². The van der Waals surface area contributed by atoms with Crippen molar-refractivity contribution in [3.05, 3.63) is 70.3 Å². The standard InChI is InChI=1S/C34H41ClN2O6S.C7H16N2O2S.CH4.FIS2/c1-22-6-4-15-34(20-38,42-3)29-11-8-26(29)18-37-19-33(14-5-7-24-16-27(35)10-12-28(24)33)21-43-31-13-9-25(17-30(31)37)32(39)36-44(40,41)23(22)2;1-12(10,11)7-6-9-4-2-8-3-5-9;;1-4(2)3/h4,9-10,12-13,15-17,20,22-23,26,29H,5-8,11,14,18-19,21H2,1-3H3,(H,36,39);8H,2-7H2,1H3;1H4;/b15-4+;;;/t22-,23+,26-,29+,33-,34-;;;/m0.../s1. The number of sulfonamides is 1. The number of fused-ring (bicyclic) bond motifs is 4. The van der Waals surface area contributed by atoms with Crippen LogP contribution in [0.5, 0.6) is 5.75 Å². The van der Waals surface area contributed by atoms with Gasteiger partial charge in [-0.1, -0.05) is 38.1 Å². The molecule has 3 heterocycles. The summed E-state index contributed by atoms with van der Waals surface area (Å²) in [4.78, 5) is 30.6. The van der Waals surface area contributed by atoms with E-state index in [2.05, 4.69) is 43.2 Å². The van der Waals surface area contributed by atoms with Crippen molar-refractivity contribution in [1.29, 1.82) is 0 Å². The van der Waals surface area contributed by atoms with Crippen molar-refractivity contribution in [2.75, 3.05) is 76.4 Å². The van der Waals surface area contributed by atoms with Gasteiger partial charge in [0.2, 0.25) is 10.0 Å². The van der Waals surface area contributed by atoms with Crippen LogP contribution in [0.25, 0.3) is 0 Å². The molecule has 2 aromatic carbocycles. The zero-order chi connectivity index (χ0) is 43.9. The molecule has 2 aromatic rings. The number of halogens is 3. The Kier molecular flexibility index (Phi) is 19.1. The molecule has 7 rings (SSSR count). The number of rotatable bonds is 5. The number of aryl methyl sites for hydroxylation is 1. The molecule has 342 valence electrons. The number of hydrogen-bond acceptors (Lipinski definition) is 12. The first kappa shape index (κ1) is 51.9. The minimum atomic E-state index is -3.97. The number of hydrogen-bond donors (Lipinski definition) is 2. The van der Waals surface area contributed by atoms with Gasteiger partial charge in [-0.25, -0.2) is 21.6 Å². The number of aldehydes is 1. The second-order valence-electron chi connectivity index (χ2n) is 16.6. The topological polar surface area (TPSA) is 151 Å². The molecule has 12 nitrogen and oxygen atoms in total. The number of sulfone groups is 1. The van der Waals surface area contributed by atoms with E-state index in [0.29, 0.717) is 43.4 Å². The van der Waals surface area contributed by atoms with Gasteiger partial charge in [0.05, 0.1) is 23.3 Å². The lowest BCUT2D eigenvalue weighted by Crippen LogP contribution is -2.53. The summed E-state index contributed by atoms with van der Waals surface area (Å²) in [6.07, 6.45) is 10.9. The van der Waals surface area contributed by atoms with Crippen molar-refractivity contribution >= 4 is 88.7 Å². The van der Waals surface area contributed by atoms with Crippen LogP contribution in [-0.2, 0) is 59.4 Å². The van der Waals surface area contributed by atoms with Crippen LogP contribution in [-0.4, -0.2) is 116 Å². The van der Waals surface area contributed by atoms with E-state index < -0.39 is 43.6 Å². The molecular weight excluding hydrogens is 998 g/mol. The first-order valence-electron chi connectivity index (χ1n) is 20.2. The number of nitrogens with one attached hydrogen (secondary N) is 2. The van der Waals surface area contributed by atoms with Crippen molar-refractivity contribution in [1.82, 2.24) is 14.9 Å². The Labute approximate surface area is 386 Å². The summed E-state index contributed by atoms with van der Waals surface area (Å²) < 4.78 is 73.8. The van der Waals surface area contributed by atoms with E-state index in [1.54, 1.807) is 32.2 Å². The van der Waals surface area contributed by atoms with Crippen LogP contribution in [0.15, 0.2) is 48.6 Å². The van der Waals surface area contributed by atoms with E-state index in [-0.39, 0.29) is 41.9 Å². The molecule has 7 atom stereocenters. The van der Waals surface area contributed by atoms with Crippen molar-refractivity contribution in [3.63, 3.8) is 0 Å². The molecule has 5 aliphatic rings. The molecule has 1 amide bonds. The number of nitrogens with zero attached hydrogens (tertiary/aromatic N) is 2. The summed E-state index contributed by atoms with van der Waals surface area (Å²) in [5.41, 5.74) is 2.05. The Morgan fingerprint density at radius 3 is 2.49 bits per heavy atom. The number of benzene rings is 2. The zero-order valence-corrected chi connectivity index (χ0v) is 40.7. The molecule has 19 heteroatoms. The molecule has 2 bridgehead atoms. The molecule has 1 unspecified atom stereocenters. The third kappa shape index (κ3) is 13.4. The zero-order valence-electron chi connectivity index (χ0n) is 34.5. The minimum Gasteiger partial charge on any atom is -0.490 e. The van der Waals surface area contributed by atoms with E-state index in [1.165, 1.54) is 38.6 Å². The van der Waals surface area contributed by atoms with E-state index >= 15 is 0 Å². The van der Waals surface area contributed by atoms with Crippen molar-refractivity contribution in [2.24, 2.45) is 17.8 Å². The fourth-order valence-electron chi connectivity index (χ4n) is 8.91. The van der Waals surface area contributed by atoms with Crippen LogP contribution in [0.3, 0.4) is 0 Å². The van der Waals surface area contributed by atoms with Gasteiger partial charge in [-0.2, -0.15) is 3.89 Å². The Morgan fingerprint density at radius 1 is 1.16 bits per heavy atom. The van der Waals surface area contributed by atoms with Gasteiger partial charge in [0.25, 0.3) is 5.91 Å². The number of anilines is 1. The quantitative estimate of drug-likeness (QED) is 0.149. The fraction of sp³-hybridized carbons (Fsp3) is 0.619. The maximum Gasteiger partial charge on any atom is 0.264 e. The molecule has 2 fully saturated rings. The Balaban J connectivity index is 0.000000407. The van der Waals surface area contributed by atoms with Gasteiger partial charge in [-0.15, -0.1) is 0 Å². The van der Waals surface area contributed by atoms with Gasteiger partial charge in [0.1, 0.15) is 28.2 Å². The molecular formula is C42H61ClFIN4O8S4. The predicted octanol–water partition coefficient (Wildman–Crippen LogP) is 6.34. The van der Waals surface area contributed by atoms with Crippen molar-refractivity contribution in [2.45, 2.75) is 76.1 Å². The number of piperazine rings is 1. The number of methoxy groups -OCH3 is 1. The number of carbonyl (C=O) groups is 2. The summed E-state index contributed by atoms with van der Waals surface area (Å²) in [7, 11) is -6.50. The summed E-state index contributed by atoms with van der Waals surface area (Å²) in [6.45, 7) is 9.74. The van der Waals surface area contributed by atoms with Crippen molar-refractivity contribution in [3.8, 4) is 5.75 Å². The smallest absolute Gasteiger partial charge is 0.264 e. The van der Waals surface area contributed by atoms with E-state index in [1.807, 2.05) is 25.1 Å². The molecule has 2 N–H and O–H groups in total. The van der Waals surface area contributed by atoms with E-state index in [9.17, 15) is 30.3 Å². The molecule has 1 saturated heterocycles. The van der Waals surface area contributed by atoms with Crippen LogP contribution in [0, 0.1) is 17.8 Å². The Morgan fingerprint density at radius 2 is 1.87 bits per heavy atom. The maximum atomic E-state index is 13.4. The summed E-state index contributed by atoms with van der Waals surface area (Å²) in [6, 6.07) is 11.3. The van der Waals surface area contributed by atoms with Gasteiger partial charge in [0.15, 0.2) is 6.29 Å². The average Bonchev–Trinajstić information content (AvgIpc) is 3.34. The number of carbonyl (C=O) groups excluding carboxylic acids is 2. The van der Waals surface area contributed by atoms with Crippen LogP contribution < -0.4 is 19.7 Å². The largest absolute Gasteiger partial charge is 0.490 e. The maximum absolute atomic E-state index is 13.4. The predicted molar refractivity (Wildman–Crippen MR) is 257 cm³/mol. The monoisotopic (exact) mass is 1060 g/mol. The van der Waals surface area contributed by atoms with E-state index in [0.717, 1.165) is 70.3 Å². The summed E-state index contributed by atoms with van der Waals surface area (Å²) in [5.74, 6) is 0.0820. The lowest BCUT2D eigenvalue weighted by atomic mass is 9.64. The highest BCUT2D eigenvalue weighted by atomic mass is 127. The third-order valence-electron chi connectivity index (χ3n) is 12.7. The lowest BCUT2D eigenvalue weighted by Gasteiger charge is -2.48. The molecule has 1 saturated carbocycles. The number of amides is 1. The highest BCUT2D eigenvalue weighted by Crippen LogP contribution is 2.48. The molecule has 61 heavy (non-hydrogen) atoms. The third-order valence-corrected chi connectivity index (χ3v) is 15.8. The van der Waals surface area contributed by atoms with Gasteiger partial charge in [-0.05, 0) is 116 Å². The summed E-state index contributed by atoms with van der Waals surface area (Å²) >= 11 is 11.9. The second kappa shape index (κ2) is 22.4. The van der Waals surface area contributed by atoms with Crippen LogP contribution in [0.4, 0.5) is 9.57 Å². The normalized spacial score (nSPS) is 29.6. The highest BCUT2D eigenvalue weighted by molar-refractivity contribution is 14.2. The number of ether oxygens (including phenoxy) is 2. The first-order valence-corrected chi connectivity index (χ1v) is 28.8. The molecule has 0 radical (unpaired) electrons. The number of allylic oxidation sites excluding steroid dienone is 1. The van der Waals surface area contributed by atoms with Gasteiger partial charge in [0, 0.05) is 102 Å². The van der Waals surface area contributed by atoms with Crippen LogP contribution in [0.2, 0.25) is 5.02 Å². The molecule has 2 aliphatic carbocycles. The highest BCUT2D eigenvalue weighted by Gasteiger charge is 2.49. The molecule has 1 spiro atoms. The fourth-order valence-corrected chi connectivity index (χ4v) is 11.0. The van der Waals surface area contributed by atoms with Crippen LogP contribution in [0.1, 0.15) is 74.9 Å². The van der Waals surface area contributed by atoms with Gasteiger partial charge in [-0.3, -0.25) is 14.5 Å². The van der Waals surface area contributed by atoms with Gasteiger partial charge >= 0.3 is 0 Å². The molecule has 3 aliphatic heterocycles. The van der Waals surface area contributed by atoms with Crippen LogP contribution >= 0.6 is 32.8 Å². The lowest BCUT2D eigenvalue weighted by molar-refractivity contribution is -0.135. The Hall–Kier alpha value is -1.78.